The zero-order valence-corrected chi connectivity index (χ0v) is 22.3. The number of hydrogen-bond acceptors (Lipinski definition) is 4. The van der Waals surface area contributed by atoms with E-state index in [2.05, 4.69) is 26.6 Å². The van der Waals surface area contributed by atoms with Crippen LogP contribution >= 0.6 is 15.9 Å². The summed E-state index contributed by atoms with van der Waals surface area (Å²) in [4.78, 5) is 40.9. The third kappa shape index (κ3) is 7.68. The van der Waals surface area contributed by atoms with Gasteiger partial charge in [0.2, 0.25) is 5.91 Å². The van der Waals surface area contributed by atoms with Crippen molar-refractivity contribution in [1.82, 2.24) is 5.32 Å². The normalized spacial score (nSPS) is 11.8. The van der Waals surface area contributed by atoms with Crippen LogP contribution in [0.25, 0.3) is 0 Å². The Bertz CT molecular complexity index is 1220. The molecule has 0 aliphatic carbocycles. The number of anilines is 2. The minimum absolute atomic E-state index is 0.333. The third-order valence-corrected chi connectivity index (χ3v) is 5.53. The van der Waals surface area contributed by atoms with Gasteiger partial charge < -0.3 is 15.4 Å². The summed E-state index contributed by atoms with van der Waals surface area (Å²) >= 11 is 3.45. The monoisotopic (exact) mass is 551 g/mol. The van der Waals surface area contributed by atoms with Crippen molar-refractivity contribution < 1.29 is 19.1 Å². The number of nitrogens with one attached hydrogen (secondary N) is 2. The number of nitrogens with zero attached hydrogens (tertiary/aromatic N) is 1. The Hall–Kier alpha value is -3.65. The molecule has 3 amide bonds. The minimum Gasteiger partial charge on any atom is -0.458 e. The van der Waals surface area contributed by atoms with Crippen LogP contribution in [0.5, 0.6) is 0 Å². The topological polar surface area (TPSA) is 87.7 Å². The fourth-order valence-corrected chi connectivity index (χ4v) is 4.01. The van der Waals surface area contributed by atoms with Crippen molar-refractivity contribution in [3.05, 3.63) is 94.5 Å². The average molecular weight is 552 g/mol. The number of esters is 1. The van der Waals surface area contributed by atoms with Gasteiger partial charge in [-0.1, -0.05) is 58.4 Å². The molecule has 188 valence electrons. The van der Waals surface area contributed by atoms with Crippen molar-refractivity contribution in [1.29, 1.82) is 0 Å². The summed E-state index contributed by atoms with van der Waals surface area (Å²) < 4.78 is 6.47. The standard InChI is InChI=1S/C28H30BrN3O4/c1-19-10-8-13-22(16-19)31-27(35)30-18-24(33)32(23-14-6-5-7-15-23)25(26(34)36-28(2,3)4)20-11-9-12-21(29)17-20/h5-17,25H,18H2,1-4H3,(H2,30,31,35). The number of carbonyl (C=O) groups excluding carboxylic acids is 3. The van der Waals surface area contributed by atoms with E-state index in [9.17, 15) is 14.4 Å². The first-order chi connectivity index (χ1) is 17.0. The molecule has 2 N–H and O–H groups in total. The smallest absolute Gasteiger partial charge is 0.334 e. The van der Waals surface area contributed by atoms with E-state index in [1.165, 1.54) is 4.90 Å². The lowest BCUT2D eigenvalue weighted by molar-refractivity contribution is -0.157. The van der Waals surface area contributed by atoms with E-state index in [1.807, 2.05) is 37.3 Å². The van der Waals surface area contributed by atoms with Crippen molar-refractivity contribution in [2.45, 2.75) is 39.3 Å². The van der Waals surface area contributed by atoms with Gasteiger partial charge in [-0.05, 0) is 75.2 Å². The maximum atomic E-state index is 13.6. The van der Waals surface area contributed by atoms with E-state index in [4.69, 9.17) is 4.74 Å². The van der Waals surface area contributed by atoms with Crippen LogP contribution in [0.2, 0.25) is 0 Å². The first kappa shape index (κ1) is 26.9. The van der Waals surface area contributed by atoms with Crippen LogP contribution in [-0.2, 0) is 14.3 Å². The van der Waals surface area contributed by atoms with Crippen molar-refractivity contribution in [2.24, 2.45) is 0 Å². The zero-order valence-electron chi connectivity index (χ0n) is 20.7. The Morgan fingerprint density at radius 3 is 2.28 bits per heavy atom. The summed E-state index contributed by atoms with van der Waals surface area (Å²) in [6.45, 7) is 6.90. The molecule has 0 bridgehead atoms. The lowest BCUT2D eigenvalue weighted by atomic mass is 10.0. The predicted molar refractivity (Wildman–Crippen MR) is 145 cm³/mol. The maximum absolute atomic E-state index is 13.6. The predicted octanol–water partition coefficient (Wildman–Crippen LogP) is 6.00. The molecule has 0 heterocycles. The summed E-state index contributed by atoms with van der Waals surface area (Å²) in [5.74, 6) is -1.06. The van der Waals surface area contributed by atoms with Crippen molar-refractivity contribution in [2.75, 3.05) is 16.8 Å². The molecule has 3 aromatic rings. The Labute approximate surface area is 220 Å². The highest BCUT2D eigenvalue weighted by molar-refractivity contribution is 9.10. The van der Waals surface area contributed by atoms with Gasteiger partial charge in [0.15, 0.2) is 6.04 Å². The van der Waals surface area contributed by atoms with E-state index >= 15 is 0 Å². The first-order valence-electron chi connectivity index (χ1n) is 11.5. The van der Waals surface area contributed by atoms with Crippen molar-refractivity contribution >= 4 is 45.2 Å². The lowest BCUT2D eigenvalue weighted by Crippen LogP contribution is -2.46. The molecule has 0 fully saturated rings. The fraction of sp³-hybridized carbons (Fsp3) is 0.250. The van der Waals surface area contributed by atoms with Crippen LogP contribution in [0.4, 0.5) is 16.2 Å². The van der Waals surface area contributed by atoms with Gasteiger partial charge in [-0.25, -0.2) is 9.59 Å². The summed E-state index contributed by atoms with van der Waals surface area (Å²) in [6.07, 6.45) is 0. The van der Waals surface area contributed by atoms with Crippen molar-refractivity contribution in [3.63, 3.8) is 0 Å². The molecule has 3 aromatic carbocycles. The molecule has 1 atom stereocenters. The Morgan fingerprint density at radius 2 is 1.64 bits per heavy atom. The second-order valence-corrected chi connectivity index (χ2v) is 10.2. The highest BCUT2D eigenvalue weighted by Crippen LogP contribution is 2.31. The SMILES string of the molecule is Cc1cccc(NC(=O)NCC(=O)N(c2ccccc2)C(C(=O)OC(C)(C)C)c2cccc(Br)c2)c1. The number of urea groups is 1. The highest BCUT2D eigenvalue weighted by atomic mass is 79.9. The molecule has 0 saturated heterocycles. The maximum Gasteiger partial charge on any atom is 0.334 e. The number of rotatable bonds is 7. The molecule has 8 heteroatoms. The molecule has 0 aliphatic heterocycles. The fourth-order valence-electron chi connectivity index (χ4n) is 3.59. The van der Waals surface area contributed by atoms with Gasteiger partial charge in [-0.3, -0.25) is 9.69 Å². The Balaban J connectivity index is 1.91. The molecule has 0 aliphatic rings. The first-order valence-corrected chi connectivity index (χ1v) is 12.3. The number of ether oxygens (including phenoxy) is 1. The van der Waals surface area contributed by atoms with Crippen LogP contribution in [-0.4, -0.2) is 30.1 Å². The zero-order chi connectivity index (χ0) is 26.3. The number of carbonyl (C=O) groups is 3. The molecular formula is C28H30BrN3O4. The molecule has 1 unspecified atom stereocenters. The second-order valence-electron chi connectivity index (χ2n) is 9.27. The number of aryl methyl sites for hydroxylation is 1. The van der Waals surface area contributed by atoms with Crippen LogP contribution < -0.4 is 15.5 Å². The van der Waals surface area contributed by atoms with E-state index in [0.717, 1.165) is 10.0 Å². The van der Waals surface area contributed by atoms with Gasteiger partial charge in [-0.2, -0.15) is 0 Å². The number of benzene rings is 3. The van der Waals surface area contributed by atoms with Gasteiger partial charge >= 0.3 is 12.0 Å². The van der Waals surface area contributed by atoms with Gasteiger partial charge in [0.05, 0.1) is 6.54 Å². The molecular weight excluding hydrogens is 522 g/mol. The van der Waals surface area contributed by atoms with Crippen LogP contribution in [0.3, 0.4) is 0 Å². The van der Waals surface area contributed by atoms with Gasteiger partial charge in [0.1, 0.15) is 5.60 Å². The van der Waals surface area contributed by atoms with Gasteiger partial charge in [0.25, 0.3) is 0 Å². The Kier molecular flexibility index (Phi) is 8.88. The van der Waals surface area contributed by atoms with E-state index < -0.39 is 29.6 Å². The minimum atomic E-state index is -1.07. The summed E-state index contributed by atoms with van der Waals surface area (Å²) in [6, 6.07) is 21.7. The number of amides is 3. The molecule has 0 radical (unpaired) electrons. The number of hydrogen-bond donors (Lipinski definition) is 2. The van der Waals surface area contributed by atoms with E-state index in [0.29, 0.717) is 16.9 Å². The quantitative estimate of drug-likeness (QED) is 0.353. The van der Waals surface area contributed by atoms with Crippen LogP contribution in [0, 0.1) is 6.92 Å². The number of halogens is 1. The van der Waals surface area contributed by atoms with Crippen LogP contribution in [0.15, 0.2) is 83.3 Å². The molecule has 7 nitrogen and oxygen atoms in total. The largest absolute Gasteiger partial charge is 0.458 e. The van der Waals surface area contributed by atoms with Crippen LogP contribution in [0.1, 0.15) is 37.9 Å². The molecule has 36 heavy (non-hydrogen) atoms. The third-order valence-electron chi connectivity index (χ3n) is 5.03. The average Bonchev–Trinajstić information content (AvgIpc) is 2.80. The van der Waals surface area contributed by atoms with E-state index in [1.54, 1.807) is 69.3 Å². The van der Waals surface area contributed by atoms with Gasteiger partial charge in [-0.15, -0.1) is 0 Å². The highest BCUT2D eigenvalue weighted by Gasteiger charge is 2.36. The number of para-hydroxylation sites is 1. The summed E-state index contributed by atoms with van der Waals surface area (Å²) in [5, 5.41) is 5.32. The van der Waals surface area contributed by atoms with E-state index in [-0.39, 0.29) is 6.54 Å². The van der Waals surface area contributed by atoms with Crippen molar-refractivity contribution in [3.8, 4) is 0 Å². The summed E-state index contributed by atoms with van der Waals surface area (Å²) in [5.41, 5.74) is 1.91. The molecule has 0 spiro atoms. The second kappa shape index (κ2) is 11.9. The lowest BCUT2D eigenvalue weighted by Gasteiger charge is -2.33. The molecule has 3 rings (SSSR count). The molecule has 0 saturated carbocycles. The van der Waals surface area contributed by atoms with Gasteiger partial charge in [0, 0.05) is 15.8 Å². The Morgan fingerprint density at radius 1 is 0.944 bits per heavy atom. The summed E-state index contributed by atoms with van der Waals surface area (Å²) in [7, 11) is 0. The molecule has 0 aromatic heterocycles.